The minimum absolute atomic E-state index is 0.240. The van der Waals surface area contributed by atoms with Gasteiger partial charge in [0.2, 0.25) is 11.8 Å². The van der Waals surface area contributed by atoms with Crippen LogP contribution in [0.1, 0.15) is 18.1 Å². The number of para-hydroxylation sites is 1. The van der Waals surface area contributed by atoms with E-state index in [2.05, 4.69) is 5.32 Å². The Hall–Kier alpha value is -2.54. The van der Waals surface area contributed by atoms with Crippen LogP contribution in [0.3, 0.4) is 0 Å². The van der Waals surface area contributed by atoms with Crippen LogP contribution in [0.2, 0.25) is 5.02 Å². The number of carbonyl (C=O) groups is 2. The number of alkyl halides is 3. The molecule has 0 saturated carbocycles. The summed E-state index contributed by atoms with van der Waals surface area (Å²) in [5.74, 6) is -1.05. The summed E-state index contributed by atoms with van der Waals surface area (Å²) in [4.78, 5) is 25.2. The van der Waals surface area contributed by atoms with Crippen LogP contribution in [0.25, 0.3) is 0 Å². The summed E-state index contributed by atoms with van der Waals surface area (Å²) in [5.41, 5.74) is -0.392. The normalized spacial score (nSPS) is 11.1. The molecule has 0 aliphatic heterocycles. The van der Waals surface area contributed by atoms with E-state index in [4.69, 9.17) is 11.6 Å². The summed E-state index contributed by atoms with van der Waals surface area (Å²) in [7, 11) is 0. The van der Waals surface area contributed by atoms with Crippen LogP contribution in [0.15, 0.2) is 48.5 Å². The molecule has 2 aromatic rings. The van der Waals surface area contributed by atoms with Gasteiger partial charge in [-0.25, -0.2) is 0 Å². The molecule has 8 heteroatoms. The zero-order valence-corrected chi connectivity index (χ0v) is 15.3. The third-order valence-electron chi connectivity index (χ3n) is 3.85. The Kier molecular flexibility index (Phi) is 6.85. The fourth-order valence-electron chi connectivity index (χ4n) is 2.51. The van der Waals surface area contributed by atoms with Crippen LogP contribution in [0, 0.1) is 0 Å². The number of anilines is 1. The van der Waals surface area contributed by atoms with Crippen molar-refractivity contribution in [2.24, 2.45) is 0 Å². The van der Waals surface area contributed by atoms with Gasteiger partial charge in [-0.1, -0.05) is 35.9 Å². The van der Waals surface area contributed by atoms with Gasteiger partial charge in [0.05, 0.1) is 17.8 Å². The van der Waals surface area contributed by atoms with E-state index in [1.165, 1.54) is 30.0 Å². The second-order valence-electron chi connectivity index (χ2n) is 5.91. The highest BCUT2D eigenvalue weighted by Crippen LogP contribution is 2.34. The van der Waals surface area contributed by atoms with Gasteiger partial charge < -0.3 is 10.2 Å². The van der Waals surface area contributed by atoms with E-state index in [1.807, 2.05) is 6.07 Å². The second kappa shape index (κ2) is 8.90. The molecule has 0 radical (unpaired) electrons. The first-order valence-corrected chi connectivity index (χ1v) is 8.50. The molecule has 0 aliphatic carbocycles. The Labute approximate surface area is 159 Å². The molecule has 1 N–H and O–H groups in total. The highest BCUT2D eigenvalue weighted by Gasteiger charge is 2.33. The van der Waals surface area contributed by atoms with E-state index in [-0.39, 0.29) is 24.7 Å². The van der Waals surface area contributed by atoms with E-state index in [0.717, 1.165) is 11.6 Å². The van der Waals surface area contributed by atoms with E-state index in [0.29, 0.717) is 11.4 Å². The predicted octanol–water partition coefficient (Wildman–Crippen LogP) is 4.39. The van der Waals surface area contributed by atoms with E-state index < -0.39 is 17.6 Å². The minimum Gasteiger partial charge on any atom is -0.333 e. The van der Waals surface area contributed by atoms with Crippen LogP contribution in [-0.4, -0.2) is 29.8 Å². The molecule has 0 heterocycles. The molecule has 0 atom stereocenters. The molecule has 0 aromatic heterocycles. The van der Waals surface area contributed by atoms with Gasteiger partial charge >= 0.3 is 6.18 Å². The quantitative estimate of drug-likeness (QED) is 0.784. The number of amides is 2. The third kappa shape index (κ3) is 6.29. The molecule has 4 nitrogen and oxygen atoms in total. The van der Waals surface area contributed by atoms with Crippen LogP contribution in [0.5, 0.6) is 0 Å². The first-order chi connectivity index (χ1) is 12.7. The summed E-state index contributed by atoms with van der Waals surface area (Å²) >= 11 is 5.91. The molecule has 2 rings (SSSR count). The molecule has 144 valence electrons. The molecular formula is C19H18ClF3N2O2. The number of carbonyl (C=O) groups excluding carboxylic acids is 2. The number of halogens is 4. The summed E-state index contributed by atoms with van der Waals surface area (Å²) in [6.45, 7) is 1.20. The Balaban J connectivity index is 2.02. The maximum absolute atomic E-state index is 13.0. The summed E-state index contributed by atoms with van der Waals surface area (Å²) in [6, 6.07) is 11.8. The van der Waals surface area contributed by atoms with Crippen LogP contribution in [-0.2, 0) is 22.2 Å². The highest BCUT2D eigenvalue weighted by atomic mass is 35.5. The van der Waals surface area contributed by atoms with Crippen molar-refractivity contribution in [2.45, 2.75) is 19.5 Å². The standard InChI is InChI=1S/C19H18ClF3N2O2/c1-13(26)25(10-9-14-5-4-6-15(20)11-14)12-18(27)24-17-8-3-2-7-16(17)19(21,22)23/h2-8,11H,9-10,12H2,1H3,(H,24,27). The van der Waals surface area contributed by atoms with Gasteiger partial charge in [-0.15, -0.1) is 0 Å². The summed E-state index contributed by atoms with van der Waals surface area (Å²) in [6.07, 6.45) is -4.12. The van der Waals surface area contributed by atoms with Crippen molar-refractivity contribution in [3.8, 4) is 0 Å². The second-order valence-corrected chi connectivity index (χ2v) is 6.35. The van der Waals surface area contributed by atoms with E-state index >= 15 is 0 Å². The monoisotopic (exact) mass is 398 g/mol. The molecule has 0 bridgehead atoms. The van der Waals surface area contributed by atoms with Crippen molar-refractivity contribution in [3.05, 3.63) is 64.7 Å². The molecule has 27 heavy (non-hydrogen) atoms. The Bertz CT molecular complexity index is 825. The van der Waals surface area contributed by atoms with Crippen LogP contribution >= 0.6 is 11.6 Å². The maximum atomic E-state index is 13.0. The topological polar surface area (TPSA) is 49.4 Å². The number of rotatable bonds is 6. The molecule has 0 saturated heterocycles. The largest absolute Gasteiger partial charge is 0.418 e. The minimum atomic E-state index is -4.59. The number of nitrogens with one attached hydrogen (secondary N) is 1. The van der Waals surface area contributed by atoms with Gasteiger partial charge in [0.1, 0.15) is 0 Å². The number of nitrogens with zero attached hydrogens (tertiary/aromatic N) is 1. The lowest BCUT2D eigenvalue weighted by molar-refractivity contribution is -0.137. The molecule has 0 aliphatic rings. The fraction of sp³-hybridized carbons (Fsp3) is 0.263. The van der Waals surface area contributed by atoms with Crippen LogP contribution < -0.4 is 5.32 Å². The van der Waals surface area contributed by atoms with Crippen molar-refractivity contribution in [1.29, 1.82) is 0 Å². The molecule has 0 fully saturated rings. The van der Waals surface area contributed by atoms with Crippen LogP contribution in [0.4, 0.5) is 18.9 Å². The summed E-state index contributed by atoms with van der Waals surface area (Å²) < 4.78 is 39.0. The van der Waals surface area contributed by atoms with Crippen molar-refractivity contribution in [1.82, 2.24) is 4.90 Å². The fourth-order valence-corrected chi connectivity index (χ4v) is 2.72. The van der Waals surface area contributed by atoms with Gasteiger partial charge in [-0.3, -0.25) is 9.59 Å². The lowest BCUT2D eigenvalue weighted by atomic mass is 10.1. The van der Waals surface area contributed by atoms with Gasteiger partial charge in [0.25, 0.3) is 0 Å². The van der Waals surface area contributed by atoms with Gasteiger partial charge in [0, 0.05) is 18.5 Å². The average Bonchev–Trinajstić information content (AvgIpc) is 2.58. The zero-order chi connectivity index (χ0) is 20.0. The third-order valence-corrected chi connectivity index (χ3v) is 4.08. The zero-order valence-electron chi connectivity index (χ0n) is 14.5. The van der Waals surface area contributed by atoms with Gasteiger partial charge in [0.15, 0.2) is 0 Å². The van der Waals surface area contributed by atoms with E-state index in [9.17, 15) is 22.8 Å². The van der Waals surface area contributed by atoms with Crippen molar-refractivity contribution in [2.75, 3.05) is 18.4 Å². The van der Waals surface area contributed by atoms with E-state index in [1.54, 1.807) is 18.2 Å². The lowest BCUT2D eigenvalue weighted by Crippen LogP contribution is -2.38. The molecule has 0 unspecified atom stereocenters. The summed E-state index contributed by atoms with van der Waals surface area (Å²) in [5, 5.41) is 2.79. The molecular weight excluding hydrogens is 381 g/mol. The smallest absolute Gasteiger partial charge is 0.333 e. The number of hydrogen-bond donors (Lipinski definition) is 1. The van der Waals surface area contributed by atoms with Crippen molar-refractivity contribution >= 4 is 29.1 Å². The lowest BCUT2D eigenvalue weighted by Gasteiger charge is -2.21. The maximum Gasteiger partial charge on any atom is 0.418 e. The predicted molar refractivity (Wildman–Crippen MR) is 97.5 cm³/mol. The first kappa shape index (κ1) is 20.8. The number of benzene rings is 2. The molecule has 0 spiro atoms. The van der Waals surface area contributed by atoms with Crippen molar-refractivity contribution in [3.63, 3.8) is 0 Å². The Morgan fingerprint density at radius 3 is 2.44 bits per heavy atom. The van der Waals surface area contributed by atoms with Crippen molar-refractivity contribution < 1.29 is 22.8 Å². The SMILES string of the molecule is CC(=O)N(CCc1cccc(Cl)c1)CC(=O)Nc1ccccc1C(F)(F)F. The number of hydrogen-bond acceptors (Lipinski definition) is 2. The average molecular weight is 399 g/mol. The first-order valence-electron chi connectivity index (χ1n) is 8.13. The Morgan fingerprint density at radius 1 is 1.11 bits per heavy atom. The van der Waals surface area contributed by atoms with Gasteiger partial charge in [-0.05, 0) is 36.2 Å². The molecule has 2 amide bonds. The Morgan fingerprint density at radius 2 is 1.81 bits per heavy atom. The highest BCUT2D eigenvalue weighted by molar-refractivity contribution is 6.30. The molecule has 2 aromatic carbocycles. The van der Waals surface area contributed by atoms with Gasteiger partial charge in [-0.2, -0.15) is 13.2 Å².